The van der Waals surface area contributed by atoms with Crippen LogP contribution in [0.15, 0.2) is 0 Å². The van der Waals surface area contributed by atoms with Gasteiger partial charge in [-0.25, -0.2) is 9.59 Å². The quantitative estimate of drug-likeness (QED) is 0.697. The lowest BCUT2D eigenvalue weighted by Crippen LogP contribution is -2.57. The molecular weight excluding hydrogens is 392 g/mol. The first kappa shape index (κ1) is 24.0. The maximum absolute atomic E-state index is 12.4. The highest BCUT2D eigenvalue weighted by Gasteiger charge is 2.47. The number of nitrogens with zero attached hydrogens (tertiary/aromatic N) is 4. The molecule has 1 saturated carbocycles. The van der Waals surface area contributed by atoms with Crippen molar-refractivity contribution in [2.45, 2.75) is 20.3 Å². The van der Waals surface area contributed by atoms with E-state index in [0.717, 1.165) is 71.9 Å². The Bertz CT molecular complexity index is 513. The van der Waals surface area contributed by atoms with Gasteiger partial charge < -0.3 is 30.2 Å². The van der Waals surface area contributed by atoms with Crippen molar-refractivity contribution in [3.8, 4) is 0 Å². The number of nitrogens with one attached hydrogen (secondary N) is 2. The van der Waals surface area contributed by atoms with Gasteiger partial charge in [-0.2, -0.15) is 0 Å². The second-order valence-electron chi connectivity index (χ2n) is 9.40. The third-order valence-electron chi connectivity index (χ3n) is 7.25. The Labute approximate surface area is 181 Å². The molecule has 0 spiro atoms. The second-order valence-corrected chi connectivity index (χ2v) is 9.40. The highest BCUT2D eigenvalue weighted by Crippen LogP contribution is 2.50. The molecule has 2 saturated heterocycles. The highest BCUT2D eigenvalue weighted by atomic mass is 35.5. The molecule has 3 aliphatic rings. The van der Waals surface area contributed by atoms with Gasteiger partial charge in [0.1, 0.15) is 0 Å². The van der Waals surface area contributed by atoms with Crippen molar-refractivity contribution in [2.24, 2.45) is 17.3 Å². The first-order valence-electron chi connectivity index (χ1n) is 10.7. The third kappa shape index (κ3) is 5.89. The largest absolute Gasteiger partial charge is 0.338 e. The zero-order valence-electron chi connectivity index (χ0n) is 18.4. The van der Waals surface area contributed by atoms with Crippen molar-refractivity contribution < 1.29 is 9.59 Å². The molecule has 3 rings (SSSR count). The average molecular weight is 431 g/mol. The maximum atomic E-state index is 12.4. The zero-order chi connectivity index (χ0) is 20.3. The number of halogens is 1. The van der Waals surface area contributed by atoms with Crippen LogP contribution in [-0.2, 0) is 0 Å². The fourth-order valence-corrected chi connectivity index (χ4v) is 4.48. The summed E-state index contributed by atoms with van der Waals surface area (Å²) in [5.41, 5.74) is 0.130. The number of hydrogen-bond acceptors (Lipinski definition) is 4. The van der Waals surface area contributed by atoms with E-state index in [-0.39, 0.29) is 29.9 Å². The lowest BCUT2D eigenvalue weighted by Gasteiger charge is -2.52. The summed E-state index contributed by atoms with van der Waals surface area (Å²) in [6.45, 7) is 12.9. The van der Waals surface area contributed by atoms with Gasteiger partial charge in [0.15, 0.2) is 0 Å². The normalized spacial score (nSPS) is 27.6. The molecule has 9 heteroatoms. The van der Waals surface area contributed by atoms with E-state index in [9.17, 15) is 9.59 Å². The SMILES string of the molecule is CN1CCN(C(=O)NCC2CC(CNC(=O)N3CCN(C)CC3)C2(C)C)CC1.Cl. The van der Waals surface area contributed by atoms with Gasteiger partial charge in [-0.3, -0.25) is 0 Å². The summed E-state index contributed by atoms with van der Waals surface area (Å²) < 4.78 is 0. The molecule has 1 aliphatic carbocycles. The second kappa shape index (κ2) is 10.2. The summed E-state index contributed by atoms with van der Waals surface area (Å²) >= 11 is 0. The average Bonchev–Trinajstić information content (AvgIpc) is 2.67. The molecule has 2 unspecified atom stereocenters. The van der Waals surface area contributed by atoms with Crippen molar-refractivity contribution in [3.63, 3.8) is 0 Å². The van der Waals surface area contributed by atoms with Gasteiger partial charge >= 0.3 is 12.1 Å². The lowest BCUT2D eigenvalue weighted by atomic mass is 9.54. The van der Waals surface area contributed by atoms with Crippen LogP contribution in [0.4, 0.5) is 9.59 Å². The van der Waals surface area contributed by atoms with E-state index in [1.54, 1.807) is 0 Å². The molecule has 0 bridgehead atoms. The van der Waals surface area contributed by atoms with Crippen LogP contribution in [0.25, 0.3) is 0 Å². The topological polar surface area (TPSA) is 71.2 Å². The molecule has 0 radical (unpaired) electrons. The number of hydrogen-bond donors (Lipinski definition) is 2. The Morgan fingerprint density at radius 2 is 1.10 bits per heavy atom. The minimum Gasteiger partial charge on any atom is -0.338 e. The molecule has 8 nitrogen and oxygen atoms in total. The van der Waals surface area contributed by atoms with Gasteiger partial charge in [0.25, 0.3) is 0 Å². The zero-order valence-corrected chi connectivity index (χ0v) is 19.3. The number of carbonyl (C=O) groups excluding carboxylic acids is 2. The fraction of sp³-hybridized carbons (Fsp3) is 0.900. The van der Waals surface area contributed by atoms with Gasteiger partial charge in [-0.1, -0.05) is 13.8 Å². The van der Waals surface area contributed by atoms with Crippen LogP contribution < -0.4 is 10.6 Å². The molecule has 2 aliphatic heterocycles. The number of piperazine rings is 2. The lowest BCUT2D eigenvalue weighted by molar-refractivity contribution is -0.0161. The van der Waals surface area contributed by atoms with Gasteiger partial charge in [-0.05, 0) is 37.8 Å². The van der Waals surface area contributed by atoms with E-state index in [2.05, 4.69) is 48.4 Å². The van der Waals surface area contributed by atoms with Crippen molar-refractivity contribution in [1.82, 2.24) is 30.2 Å². The fourth-order valence-electron chi connectivity index (χ4n) is 4.48. The van der Waals surface area contributed by atoms with Crippen molar-refractivity contribution in [3.05, 3.63) is 0 Å². The number of urea groups is 2. The van der Waals surface area contributed by atoms with E-state index in [4.69, 9.17) is 0 Å². The highest BCUT2D eigenvalue weighted by molar-refractivity contribution is 5.85. The standard InChI is InChI=1S/C20H38N6O2.ClH/c1-20(2)16(14-21-18(27)25-9-5-23(3)6-10-25)13-17(20)15-22-19(28)26-11-7-24(4)8-12-26;/h16-17H,5-15H2,1-4H3,(H,21,27)(H,22,28);1H. The van der Waals surface area contributed by atoms with Gasteiger partial charge in [0, 0.05) is 65.4 Å². The molecule has 2 N–H and O–H groups in total. The van der Waals surface area contributed by atoms with Crippen LogP contribution in [0, 0.1) is 17.3 Å². The monoisotopic (exact) mass is 430 g/mol. The molecule has 0 aromatic carbocycles. The third-order valence-corrected chi connectivity index (χ3v) is 7.25. The Hall–Kier alpha value is -1.25. The summed E-state index contributed by atoms with van der Waals surface area (Å²) in [6, 6.07) is 0.131. The van der Waals surface area contributed by atoms with Crippen LogP contribution in [0.1, 0.15) is 20.3 Å². The van der Waals surface area contributed by atoms with Crippen molar-refractivity contribution >= 4 is 24.5 Å². The summed E-state index contributed by atoms with van der Waals surface area (Å²) in [5.74, 6) is 0.934. The predicted molar refractivity (Wildman–Crippen MR) is 118 cm³/mol. The van der Waals surface area contributed by atoms with E-state index >= 15 is 0 Å². The molecule has 3 fully saturated rings. The summed E-state index contributed by atoms with van der Waals surface area (Å²) in [5, 5.41) is 6.27. The van der Waals surface area contributed by atoms with Crippen molar-refractivity contribution in [1.29, 1.82) is 0 Å². The van der Waals surface area contributed by atoms with Gasteiger partial charge in [-0.15, -0.1) is 12.4 Å². The van der Waals surface area contributed by atoms with Crippen LogP contribution in [0.2, 0.25) is 0 Å². The number of carbonyl (C=O) groups is 2. The van der Waals surface area contributed by atoms with E-state index in [1.165, 1.54) is 0 Å². The Kier molecular flexibility index (Phi) is 8.43. The Morgan fingerprint density at radius 1 is 0.759 bits per heavy atom. The predicted octanol–water partition coefficient (Wildman–Crippen LogP) is 0.985. The number of rotatable bonds is 4. The summed E-state index contributed by atoms with van der Waals surface area (Å²) in [6.07, 6.45) is 1.05. The maximum Gasteiger partial charge on any atom is 0.317 e. The minimum atomic E-state index is 0. The van der Waals surface area contributed by atoms with E-state index in [1.807, 2.05) is 9.80 Å². The van der Waals surface area contributed by atoms with E-state index < -0.39 is 0 Å². The van der Waals surface area contributed by atoms with Crippen LogP contribution in [0.5, 0.6) is 0 Å². The number of likely N-dealkylation sites (N-methyl/N-ethyl adjacent to an activating group) is 2. The number of amides is 4. The van der Waals surface area contributed by atoms with Gasteiger partial charge in [0.2, 0.25) is 0 Å². The van der Waals surface area contributed by atoms with Crippen LogP contribution in [0.3, 0.4) is 0 Å². The molecule has 168 valence electrons. The first-order chi connectivity index (χ1) is 13.3. The van der Waals surface area contributed by atoms with E-state index in [0.29, 0.717) is 11.8 Å². The van der Waals surface area contributed by atoms with Crippen LogP contribution in [-0.4, -0.2) is 111 Å². The van der Waals surface area contributed by atoms with Gasteiger partial charge in [0.05, 0.1) is 0 Å². The molecule has 2 heterocycles. The molecule has 4 amide bonds. The first-order valence-corrected chi connectivity index (χ1v) is 10.7. The Morgan fingerprint density at radius 3 is 1.41 bits per heavy atom. The minimum absolute atomic E-state index is 0. The van der Waals surface area contributed by atoms with Crippen molar-refractivity contribution in [2.75, 3.05) is 79.5 Å². The Balaban J connectivity index is 0.00000300. The molecule has 29 heavy (non-hydrogen) atoms. The summed E-state index contributed by atoms with van der Waals surface area (Å²) in [4.78, 5) is 33.1. The van der Waals surface area contributed by atoms with Crippen LogP contribution >= 0.6 is 12.4 Å². The molecule has 0 aromatic heterocycles. The smallest absolute Gasteiger partial charge is 0.317 e. The molecular formula is C20H39ClN6O2. The summed E-state index contributed by atoms with van der Waals surface area (Å²) in [7, 11) is 4.18. The molecule has 0 aromatic rings. The molecule has 2 atom stereocenters.